The van der Waals surface area contributed by atoms with Crippen molar-refractivity contribution in [3.8, 4) is 23.3 Å². The minimum absolute atomic E-state index is 0.0514. The molecule has 0 saturated carbocycles. The highest BCUT2D eigenvalue weighted by molar-refractivity contribution is 6.00. The van der Waals surface area contributed by atoms with E-state index in [1.807, 2.05) is 0 Å². The highest BCUT2D eigenvalue weighted by atomic mass is 16.7. The van der Waals surface area contributed by atoms with Crippen molar-refractivity contribution < 1.29 is 33.3 Å². The van der Waals surface area contributed by atoms with Gasteiger partial charge in [-0.05, 0) is 30.7 Å². The van der Waals surface area contributed by atoms with Crippen LogP contribution in [0, 0.1) is 0 Å². The fraction of sp³-hybridized carbons (Fsp3) is 0.381. The molecule has 1 fully saturated rings. The smallest absolute Gasteiger partial charge is 0.277 e. The number of ether oxygens (including phenoxy) is 5. The summed E-state index contributed by atoms with van der Waals surface area (Å²) >= 11 is 0. The van der Waals surface area contributed by atoms with E-state index in [0.29, 0.717) is 42.5 Å². The van der Waals surface area contributed by atoms with Crippen molar-refractivity contribution in [2.24, 2.45) is 0 Å². The maximum atomic E-state index is 13.2. The third-order valence-electron chi connectivity index (χ3n) is 4.71. The molecule has 0 bridgehead atoms. The van der Waals surface area contributed by atoms with E-state index >= 15 is 0 Å². The van der Waals surface area contributed by atoms with Gasteiger partial charge in [-0.15, -0.1) is 0 Å². The van der Waals surface area contributed by atoms with Crippen LogP contribution in [0.15, 0.2) is 30.3 Å². The summed E-state index contributed by atoms with van der Waals surface area (Å²) in [6.45, 7) is 0.850. The van der Waals surface area contributed by atoms with Crippen LogP contribution >= 0.6 is 0 Å². The highest BCUT2D eigenvalue weighted by Crippen LogP contribution is 2.30. The lowest BCUT2D eigenvalue weighted by atomic mass is 10.2. The standard InChI is InChI=1S/C21H25N3O7/c1-27-13-31-16-8-6-14(12-17(16)28-2)20(25)23-10-5-11-24(23)21(26)15-7-9-18(29-3)22-19(15)30-4/h6-9,12H,5,10-11,13H2,1-4H3. The molecule has 1 aromatic heterocycles. The van der Waals surface area contributed by atoms with Gasteiger partial charge in [-0.3, -0.25) is 9.59 Å². The van der Waals surface area contributed by atoms with Crippen molar-refractivity contribution in [1.29, 1.82) is 0 Å². The first-order chi connectivity index (χ1) is 15.0. The van der Waals surface area contributed by atoms with E-state index in [1.165, 1.54) is 38.5 Å². The summed E-state index contributed by atoms with van der Waals surface area (Å²) in [4.78, 5) is 30.5. The summed E-state index contributed by atoms with van der Waals surface area (Å²) in [5.74, 6) is 0.577. The van der Waals surface area contributed by atoms with Gasteiger partial charge in [0, 0.05) is 31.8 Å². The summed E-state index contributed by atoms with van der Waals surface area (Å²) in [6.07, 6.45) is 0.648. The van der Waals surface area contributed by atoms with Crippen molar-refractivity contribution in [2.75, 3.05) is 48.3 Å². The Kier molecular flexibility index (Phi) is 7.14. The Bertz CT molecular complexity index is 951. The van der Waals surface area contributed by atoms with Crippen LogP contribution in [-0.2, 0) is 4.74 Å². The third kappa shape index (κ3) is 4.64. The number of aromatic nitrogens is 1. The molecule has 1 aliphatic heterocycles. The van der Waals surface area contributed by atoms with Crippen LogP contribution in [0.2, 0.25) is 0 Å². The first kappa shape index (κ1) is 22.2. The molecule has 2 amide bonds. The largest absolute Gasteiger partial charge is 0.493 e. The van der Waals surface area contributed by atoms with Crippen LogP contribution in [0.5, 0.6) is 23.3 Å². The number of amides is 2. The molecule has 0 spiro atoms. The summed E-state index contributed by atoms with van der Waals surface area (Å²) in [7, 11) is 5.89. The van der Waals surface area contributed by atoms with Crippen molar-refractivity contribution in [3.05, 3.63) is 41.5 Å². The molecule has 31 heavy (non-hydrogen) atoms. The second kappa shape index (κ2) is 9.98. The van der Waals surface area contributed by atoms with E-state index in [-0.39, 0.29) is 30.1 Å². The molecule has 1 aliphatic rings. The van der Waals surface area contributed by atoms with Crippen LogP contribution in [0.3, 0.4) is 0 Å². The van der Waals surface area contributed by atoms with Gasteiger partial charge < -0.3 is 23.7 Å². The van der Waals surface area contributed by atoms with Gasteiger partial charge in [-0.2, -0.15) is 4.98 Å². The van der Waals surface area contributed by atoms with E-state index in [9.17, 15) is 9.59 Å². The van der Waals surface area contributed by atoms with Gasteiger partial charge in [-0.25, -0.2) is 10.0 Å². The first-order valence-corrected chi connectivity index (χ1v) is 9.56. The number of nitrogens with zero attached hydrogens (tertiary/aromatic N) is 3. The fourth-order valence-corrected chi connectivity index (χ4v) is 3.22. The average Bonchev–Trinajstić information content (AvgIpc) is 3.31. The quantitative estimate of drug-likeness (QED) is 0.585. The molecular weight excluding hydrogens is 406 g/mol. The monoisotopic (exact) mass is 431 g/mol. The van der Waals surface area contributed by atoms with Crippen LogP contribution < -0.4 is 18.9 Å². The number of benzene rings is 1. The van der Waals surface area contributed by atoms with Gasteiger partial charge in [0.15, 0.2) is 18.3 Å². The zero-order chi connectivity index (χ0) is 22.4. The zero-order valence-corrected chi connectivity index (χ0v) is 17.9. The molecule has 0 unspecified atom stereocenters. The normalized spacial score (nSPS) is 13.2. The van der Waals surface area contributed by atoms with Crippen molar-refractivity contribution in [3.63, 3.8) is 0 Å². The molecule has 0 radical (unpaired) electrons. The summed E-state index contributed by atoms with van der Waals surface area (Å²) < 4.78 is 26.0. The predicted molar refractivity (Wildman–Crippen MR) is 110 cm³/mol. The number of carbonyl (C=O) groups is 2. The van der Waals surface area contributed by atoms with Gasteiger partial charge in [0.05, 0.1) is 21.3 Å². The number of rotatable bonds is 8. The van der Waals surface area contributed by atoms with Crippen molar-refractivity contribution in [1.82, 2.24) is 15.0 Å². The summed E-state index contributed by atoms with van der Waals surface area (Å²) in [6, 6.07) is 7.96. The van der Waals surface area contributed by atoms with Crippen LogP contribution in [-0.4, -0.2) is 75.1 Å². The molecule has 10 nitrogen and oxygen atoms in total. The molecule has 3 rings (SSSR count). The van der Waals surface area contributed by atoms with E-state index in [2.05, 4.69) is 4.98 Å². The van der Waals surface area contributed by atoms with Gasteiger partial charge in [-0.1, -0.05) is 0 Å². The molecular formula is C21H25N3O7. The SMILES string of the molecule is COCOc1ccc(C(=O)N2CCCN2C(=O)c2ccc(OC)nc2OC)cc1OC. The number of hydrazine groups is 1. The van der Waals surface area contributed by atoms with E-state index in [4.69, 9.17) is 23.7 Å². The van der Waals surface area contributed by atoms with E-state index in [1.54, 1.807) is 30.3 Å². The maximum Gasteiger partial charge on any atom is 0.277 e. The zero-order valence-electron chi connectivity index (χ0n) is 17.9. The second-order valence-corrected chi connectivity index (χ2v) is 6.54. The lowest BCUT2D eigenvalue weighted by Crippen LogP contribution is -2.45. The number of pyridine rings is 1. The van der Waals surface area contributed by atoms with Crippen LogP contribution in [0.4, 0.5) is 0 Å². The maximum absolute atomic E-state index is 13.2. The molecule has 10 heteroatoms. The number of hydrogen-bond acceptors (Lipinski definition) is 8. The predicted octanol–water partition coefficient (Wildman–Crippen LogP) is 1.99. The number of methoxy groups -OCH3 is 4. The molecule has 0 aliphatic carbocycles. The molecule has 0 N–H and O–H groups in total. The number of hydrogen-bond donors (Lipinski definition) is 0. The third-order valence-corrected chi connectivity index (χ3v) is 4.71. The van der Waals surface area contributed by atoms with Crippen LogP contribution in [0.1, 0.15) is 27.1 Å². The Labute approximate surface area is 180 Å². The van der Waals surface area contributed by atoms with Crippen molar-refractivity contribution >= 4 is 11.8 Å². The fourth-order valence-electron chi connectivity index (χ4n) is 3.22. The highest BCUT2D eigenvalue weighted by Gasteiger charge is 2.34. The lowest BCUT2D eigenvalue weighted by Gasteiger charge is -2.28. The Morgan fingerprint density at radius 2 is 1.65 bits per heavy atom. The lowest BCUT2D eigenvalue weighted by molar-refractivity contribution is 0.0183. The Morgan fingerprint density at radius 3 is 2.29 bits per heavy atom. The molecule has 0 atom stereocenters. The molecule has 1 saturated heterocycles. The summed E-state index contributed by atoms with van der Waals surface area (Å²) in [5.41, 5.74) is 0.602. The Hall–Kier alpha value is -3.53. The molecule has 166 valence electrons. The minimum atomic E-state index is -0.384. The van der Waals surface area contributed by atoms with E-state index < -0.39 is 0 Å². The first-order valence-electron chi connectivity index (χ1n) is 9.56. The Morgan fingerprint density at radius 1 is 0.903 bits per heavy atom. The van der Waals surface area contributed by atoms with Gasteiger partial charge in [0.2, 0.25) is 11.8 Å². The summed E-state index contributed by atoms with van der Waals surface area (Å²) in [5, 5.41) is 2.81. The molecule has 2 heterocycles. The van der Waals surface area contributed by atoms with Gasteiger partial charge in [0.25, 0.3) is 11.8 Å². The van der Waals surface area contributed by atoms with Crippen LogP contribution in [0.25, 0.3) is 0 Å². The average molecular weight is 431 g/mol. The minimum Gasteiger partial charge on any atom is -0.493 e. The molecule has 1 aromatic carbocycles. The second-order valence-electron chi connectivity index (χ2n) is 6.54. The van der Waals surface area contributed by atoms with E-state index in [0.717, 1.165) is 0 Å². The van der Waals surface area contributed by atoms with Crippen molar-refractivity contribution in [2.45, 2.75) is 6.42 Å². The molecule has 2 aromatic rings. The topological polar surface area (TPSA) is 99.7 Å². The van der Waals surface area contributed by atoms with Gasteiger partial charge in [0.1, 0.15) is 5.56 Å². The number of carbonyl (C=O) groups excluding carboxylic acids is 2. The Balaban J connectivity index is 1.84. The van der Waals surface area contributed by atoms with Gasteiger partial charge >= 0.3 is 0 Å².